The van der Waals surface area contributed by atoms with E-state index >= 15 is 0 Å². The Labute approximate surface area is 223 Å². The summed E-state index contributed by atoms with van der Waals surface area (Å²) in [6.07, 6.45) is 1.59. The number of furan rings is 1. The lowest BCUT2D eigenvalue weighted by Gasteiger charge is -2.38. The molecule has 1 aromatic carbocycles. The van der Waals surface area contributed by atoms with Crippen molar-refractivity contribution >= 4 is 46.3 Å². The van der Waals surface area contributed by atoms with Crippen molar-refractivity contribution in [1.82, 2.24) is 14.7 Å². The molecule has 11 heteroatoms. The number of nitrogens with zero attached hydrogens (tertiary/aromatic N) is 4. The molecule has 5 rings (SSSR count). The lowest BCUT2D eigenvalue weighted by molar-refractivity contribution is -0.136. The van der Waals surface area contributed by atoms with E-state index in [1.165, 1.54) is 25.1 Å². The van der Waals surface area contributed by atoms with Crippen LogP contribution >= 0.6 is 23.4 Å². The highest BCUT2D eigenvalue weighted by molar-refractivity contribution is 8.16. The van der Waals surface area contributed by atoms with E-state index in [9.17, 15) is 14.4 Å². The number of carbonyl (C=O) groups excluding carboxylic acids is 3. The number of rotatable bonds is 5. The quantitative estimate of drug-likeness (QED) is 0.528. The molecule has 2 aromatic rings. The molecule has 1 fully saturated rings. The number of amidine groups is 1. The maximum atomic E-state index is 13.3. The van der Waals surface area contributed by atoms with Crippen LogP contribution in [0.4, 0.5) is 0 Å². The third-order valence-corrected chi connectivity index (χ3v) is 7.82. The highest BCUT2D eigenvalue weighted by Crippen LogP contribution is 2.46. The molecule has 1 saturated heterocycles. The molecule has 0 spiro atoms. The number of thioether (sulfide) groups is 1. The van der Waals surface area contributed by atoms with Gasteiger partial charge in [0.05, 0.1) is 37.1 Å². The largest absolute Gasteiger partial charge is 0.466 e. The molecule has 192 valence electrons. The van der Waals surface area contributed by atoms with Gasteiger partial charge in [-0.2, -0.15) is 0 Å². The van der Waals surface area contributed by atoms with Gasteiger partial charge in [0, 0.05) is 36.9 Å². The second kappa shape index (κ2) is 10.5. The number of benzene rings is 1. The minimum Gasteiger partial charge on any atom is -0.466 e. The molecule has 3 aliphatic rings. The van der Waals surface area contributed by atoms with E-state index in [-0.39, 0.29) is 18.2 Å². The number of aliphatic imine (C=N–C) groups is 1. The summed E-state index contributed by atoms with van der Waals surface area (Å²) in [5.74, 6) is -0.450. The summed E-state index contributed by atoms with van der Waals surface area (Å²) in [4.78, 5) is 48.7. The Morgan fingerprint density at radius 2 is 1.84 bits per heavy atom. The number of halogens is 1. The molecule has 1 aromatic heterocycles. The van der Waals surface area contributed by atoms with Crippen molar-refractivity contribution in [2.24, 2.45) is 4.99 Å². The summed E-state index contributed by atoms with van der Waals surface area (Å²) in [5.41, 5.74) is 2.38. The van der Waals surface area contributed by atoms with Gasteiger partial charge in [-0.3, -0.25) is 9.59 Å². The van der Waals surface area contributed by atoms with Crippen molar-refractivity contribution < 1.29 is 23.5 Å². The molecule has 0 N–H and O–H groups in total. The normalized spacial score (nSPS) is 19.4. The minimum atomic E-state index is -0.578. The summed E-state index contributed by atoms with van der Waals surface area (Å²) in [5, 5.41) is 3.07. The molecule has 1 unspecified atom stereocenters. The van der Waals surface area contributed by atoms with Crippen LogP contribution in [0.15, 0.2) is 74.4 Å². The van der Waals surface area contributed by atoms with Crippen LogP contribution in [-0.4, -0.2) is 70.9 Å². The Hall–Kier alpha value is -3.50. The van der Waals surface area contributed by atoms with Crippen molar-refractivity contribution in [2.45, 2.75) is 19.4 Å². The molecule has 0 bridgehead atoms. The third kappa shape index (κ3) is 4.78. The Morgan fingerprint density at radius 1 is 1.11 bits per heavy atom. The van der Waals surface area contributed by atoms with E-state index in [1.54, 1.807) is 34.9 Å². The Kier molecular flexibility index (Phi) is 7.12. The number of allylic oxidation sites excluding steroid dienone is 1. The van der Waals surface area contributed by atoms with Gasteiger partial charge in [-0.25, -0.2) is 9.79 Å². The number of carbonyl (C=O) groups is 3. The first kappa shape index (κ1) is 25.2. The summed E-state index contributed by atoms with van der Waals surface area (Å²) in [6, 6.07) is 10.1. The number of hydrogen-bond donors (Lipinski definition) is 0. The van der Waals surface area contributed by atoms with Crippen LogP contribution in [-0.2, 0) is 14.3 Å². The maximum absolute atomic E-state index is 13.3. The Balaban J connectivity index is 1.34. The average molecular weight is 541 g/mol. The van der Waals surface area contributed by atoms with Gasteiger partial charge < -0.3 is 23.9 Å². The maximum Gasteiger partial charge on any atom is 0.338 e. The molecule has 0 saturated carbocycles. The first-order chi connectivity index (χ1) is 17.9. The zero-order valence-corrected chi connectivity index (χ0v) is 21.9. The van der Waals surface area contributed by atoms with Gasteiger partial charge in [0.2, 0.25) is 5.91 Å². The van der Waals surface area contributed by atoms with Gasteiger partial charge >= 0.3 is 5.97 Å². The van der Waals surface area contributed by atoms with E-state index in [0.29, 0.717) is 53.4 Å². The van der Waals surface area contributed by atoms with Gasteiger partial charge in [-0.05, 0) is 36.1 Å². The van der Waals surface area contributed by atoms with Crippen molar-refractivity contribution in [3.63, 3.8) is 0 Å². The topological polar surface area (TPSA) is 95.7 Å². The first-order valence-corrected chi connectivity index (χ1v) is 13.0. The zero-order valence-electron chi connectivity index (χ0n) is 20.3. The van der Waals surface area contributed by atoms with E-state index in [2.05, 4.69) is 4.99 Å². The van der Waals surface area contributed by atoms with E-state index in [0.717, 1.165) is 11.3 Å². The van der Waals surface area contributed by atoms with Crippen LogP contribution in [0.3, 0.4) is 0 Å². The summed E-state index contributed by atoms with van der Waals surface area (Å²) >= 11 is 7.98. The molecule has 9 nitrogen and oxygen atoms in total. The van der Waals surface area contributed by atoms with Crippen molar-refractivity contribution in [3.05, 3.63) is 81.4 Å². The monoisotopic (exact) mass is 540 g/mol. The lowest BCUT2D eigenvalue weighted by Crippen LogP contribution is -2.50. The molecule has 1 atom stereocenters. The van der Waals surface area contributed by atoms with Crippen LogP contribution in [0.5, 0.6) is 0 Å². The molecular weight excluding hydrogens is 516 g/mol. The Morgan fingerprint density at radius 3 is 2.51 bits per heavy atom. The number of piperazine rings is 1. The predicted molar refractivity (Wildman–Crippen MR) is 140 cm³/mol. The highest BCUT2D eigenvalue weighted by Gasteiger charge is 2.42. The lowest BCUT2D eigenvalue weighted by atomic mass is 9.93. The molecule has 0 radical (unpaired) electrons. The predicted octanol–water partition coefficient (Wildman–Crippen LogP) is 4.06. The number of ether oxygens (including phenoxy) is 1. The molecule has 0 aliphatic carbocycles. The van der Waals surface area contributed by atoms with E-state index in [1.807, 2.05) is 28.5 Å². The molecule has 2 amide bonds. The number of amides is 2. The average Bonchev–Trinajstić information content (AvgIpc) is 3.58. The van der Waals surface area contributed by atoms with E-state index in [4.69, 9.17) is 20.8 Å². The van der Waals surface area contributed by atoms with E-state index < -0.39 is 12.0 Å². The number of hydrogen-bond acceptors (Lipinski definition) is 8. The first-order valence-electron chi connectivity index (χ1n) is 11.8. The SMILES string of the molecule is COC(=O)C1=C(C)N=C2SC=C(CC(=O)N3CCN(C(=O)c4ccco4)CC3)N2C1c1ccccc1Cl. The zero-order chi connectivity index (χ0) is 26.1. The second-order valence-electron chi connectivity index (χ2n) is 8.73. The fourth-order valence-electron chi connectivity index (χ4n) is 4.71. The smallest absolute Gasteiger partial charge is 0.338 e. The standard InChI is InChI=1S/C26H25ClN4O5S/c1-16-22(25(34)35-2)23(18-6-3-4-7-19(18)27)31-17(15-37-26(31)28-16)14-21(32)29-9-11-30(12-10-29)24(33)20-8-5-13-36-20/h3-8,13,15,23H,9-12,14H2,1-2H3. The summed E-state index contributed by atoms with van der Waals surface area (Å²) in [7, 11) is 1.33. The fraction of sp³-hybridized carbons (Fsp3) is 0.308. The molecule has 3 aliphatic heterocycles. The summed E-state index contributed by atoms with van der Waals surface area (Å²) in [6.45, 7) is 3.46. The van der Waals surface area contributed by atoms with Crippen molar-refractivity contribution in [3.8, 4) is 0 Å². The number of fused-ring (bicyclic) bond motifs is 1. The van der Waals surface area contributed by atoms with Gasteiger partial charge in [0.25, 0.3) is 5.91 Å². The molecular formula is C26H25ClN4O5S. The molecule has 4 heterocycles. The number of esters is 1. The molecule has 37 heavy (non-hydrogen) atoms. The fourth-order valence-corrected chi connectivity index (χ4v) is 5.92. The Bertz CT molecular complexity index is 1330. The van der Waals surface area contributed by atoms with Gasteiger partial charge in [-0.15, -0.1) is 0 Å². The third-order valence-electron chi connectivity index (χ3n) is 6.59. The van der Waals surface area contributed by atoms with Gasteiger partial charge in [0.15, 0.2) is 10.9 Å². The van der Waals surface area contributed by atoms with Crippen LogP contribution in [0.2, 0.25) is 5.02 Å². The van der Waals surface area contributed by atoms with Crippen LogP contribution < -0.4 is 0 Å². The van der Waals surface area contributed by atoms with Gasteiger partial charge in [-0.1, -0.05) is 41.6 Å². The van der Waals surface area contributed by atoms with Crippen molar-refractivity contribution in [2.75, 3.05) is 33.3 Å². The highest BCUT2D eigenvalue weighted by atomic mass is 35.5. The number of methoxy groups -OCH3 is 1. The van der Waals surface area contributed by atoms with Crippen LogP contribution in [0.1, 0.15) is 35.5 Å². The minimum absolute atomic E-state index is 0.0676. The van der Waals surface area contributed by atoms with Crippen LogP contribution in [0, 0.1) is 0 Å². The van der Waals surface area contributed by atoms with Crippen molar-refractivity contribution in [1.29, 1.82) is 0 Å². The summed E-state index contributed by atoms with van der Waals surface area (Å²) < 4.78 is 10.3. The van der Waals surface area contributed by atoms with Crippen LogP contribution in [0.25, 0.3) is 0 Å². The second-order valence-corrected chi connectivity index (χ2v) is 9.98. The van der Waals surface area contributed by atoms with Gasteiger partial charge in [0.1, 0.15) is 0 Å².